The molecule has 2 heterocycles. The van der Waals surface area contributed by atoms with E-state index in [9.17, 15) is 13.2 Å². The van der Waals surface area contributed by atoms with Crippen molar-refractivity contribution < 1.29 is 18.4 Å². The third-order valence-electron chi connectivity index (χ3n) is 6.75. The van der Waals surface area contributed by atoms with E-state index in [0.29, 0.717) is 51.3 Å². The Hall–Kier alpha value is -2.92. The molecular formula is C26H35N5O4S. The fourth-order valence-electron chi connectivity index (χ4n) is 4.54. The Balaban J connectivity index is 1.49. The number of carbonyl (C=O) groups excluding carboxylic acids is 1. The number of aromatic amines is 1. The highest BCUT2D eigenvalue weighted by Crippen LogP contribution is 2.28. The van der Waals surface area contributed by atoms with Gasteiger partial charge >= 0.3 is 10.2 Å². The molecule has 0 atom stereocenters. The van der Waals surface area contributed by atoms with Gasteiger partial charge in [-0.25, -0.2) is 5.48 Å². The van der Waals surface area contributed by atoms with Gasteiger partial charge in [0.1, 0.15) is 0 Å². The van der Waals surface area contributed by atoms with Gasteiger partial charge in [-0.1, -0.05) is 31.0 Å². The molecule has 4 rings (SSSR count). The number of benzene rings is 2. The summed E-state index contributed by atoms with van der Waals surface area (Å²) in [6.07, 6.45) is 5.09. The van der Waals surface area contributed by atoms with Crippen LogP contribution in [0.5, 0.6) is 0 Å². The van der Waals surface area contributed by atoms with Crippen molar-refractivity contribution in [3.63, 3.8) is 0 Å². The Labute approximate surface area is 212 Å². The van der Waals surface area contributed by atoms with Crippen molar-refractivity contribution in [3.8, 4) is 11.1 Å². The van der Waals surface area contributed by atoms with Crippen molar-refractivity contribution >= 4 is 32.7 Å². The molecule has 1 aliphatic rings. The van der Waals surface area contributed by atoms with Crippen LogP contribution >= 0.6 is 0 Å². The molecule has 1 aromatic heterocycles. The summed E-state index contributed by atoms with van der Waals surface area (Å²) in [5.41, 5.74) is 5.48. The molecule has 194 valence electrons. The van der Waals surface area contributed by atoms with Crippen LogP contribution in [0, 0.1) is 0 Å². The molecule has 0 unspecified atom stereocenters. The molecule has 0 saturated carbocycles. The van der Waals surface area contributed by atoms with E-state index in [2.05, 4.69) is 22.0 Å². The molecule has 0 bridgehead atoms. The number of likely N-dealkylation sites (N-methyl/N-ethyl adjacent to an activating group) is 1. The first-order valence-electron chi connectivity index (χ1n) is 12.5. The van der Waals surface area contributed by atoms with Crippen LogP contribution in [-0.2, 0) is 15.0 Å². The van der Waals surface area contributed by atoms with Crippen LogP contribution in [0.4, 0.5) is 5.69 Å². The largest absolute Gasteiger partial charge is 0.361 e. The summed E-state index contributed by atoms with van der Waals surface area (Å²) in [7, 11) is -1.67. The smallest absolute Gasteiger partial charge is 0.304 e. The number of anilines is 1. The van der Waals surface area contributed by atoms with E-state index in [-0.39, 0.29) is 6.42 Å². The number of piperazine rings is 1. The summed E-state index contributed by atoms with van der Waals surface area (Å²) in [6.45, 7) is 2.73. The fraction of sp³-hybridized carbons (Fsp3) is 0.423. The molecule has 0 radical (unpaired) electrons. The fourth-order valence-corrected chi connectivity index (χ4v) is 6.19. The lowest BCUT2D eigenvalue weighted by molar-refractivity contribution is -0.129. The lowest BCUT2D eigenvalue weighted by Gasteiger charge is -2.36. The summed E-state index contributed by atoms with van der Waals surface area (Å²) in [5, 5.41) is 9.74. The summed E-state index contributed by atoms with van der Waals surface area (Å²) in [5.74, 6) is -0.398. The van der Waals surface area contributed by atoms with E-state index < -0.39 is 16.1 Å². The normalized spacial score (nSPS) is 15.3. The molecular weight excluding hydrogens is 478 g/mol. The van der Waals surface area contributed by atoms with Gasteiger partial charge in [0, 0.05) is 50.9 Å². The van der Waals surface area contributed by atoms with Crippen molar-refractivity contribution in [2.45, 2.75) is 32.1 Å². The van der Waals surface area contributed by atoms with Gasteiger partial charge in [-0.2, -0.15) is 12.7 Å². The number of hydroxylamine groups is 1. The molecule has 9 nitrogen and oxygen atoms in total. The third-order valence-corrected chi connectivity index (χ3v) is 8.72. The zero-order valence-corrected chi connectivity index (χ0v) is 21.5. The molecule has 1 aliphatic heterocycles. The Kier molecular flexibility index (Phi) is 8.63. The second kappa shape index (κ2) is 11.9. The summed E-state index contributed by atoms with van der Waals surface area (Å²) in [6, 6.07) is 16.0. The number of carbonyl (C=O) groups is 1. The van der Waals surface area contributed by atoms with Gasteiger partial charge in [-0.15, -0.1) is 0 Å². The van der Waals surface area contributed by atoms with E-state index in [1.807, 2.05) is 49.6 Å². The molecule has 36 heavy (non-hydrogen) atoms. The summed E-state index contributed by atoms with van der Waals surface area (Å²) < 4.78 is 30.4. The van der Waals surface area contributed by atoms with E-state index in [0.717, 1.165) is 34.9 Å². The summed E-state index contributed by atoms with van der Waals surface area (Å²) in [4.78, 5) is 16.5. The second-order valence-electron chi connectivity index (χ2n) is 9.31. The first-order chi connectivity index (χ1) is 17.4. The van der Waals surface area contributed by atoms with Gasteiger partial charge in [0.15, 0.2) is 0 Å². The van der Waals surface area contributed by atoms with Gasteiger partial charge in [-0.3, -0.25) is 14.3 Å². The Morgan fingerprint density at radius 3 is 2.39 bits per heavy atom. The number of H-pyrrole nitrogens is 1. The van der Waals surface area contributed by atoms with Gasteiger partial charge in [0.25, 0.3) is 0 Å². The van der Waals surface area contributed by atoms with Crippen LogP contribution in [0.3, 0.4) is 0 Å². The van der Waals surface area contributed by atoms with E-state index in [1.165, 1.54) is 4.31 Å². The highest BCUT2D eigenvalue weighted by Gasteiger charge is 2.31. The van der Waals surface area contributed by atoms with Crippen molar-refractivity contribution in [3.05, 3.63) is 54.7 Å². The Morgan fingerprint density at radius 1 is 0.972 bits per heavy atom. The summed E-state index contributed by atoms with van der Waals surface area (Å²) >= 11 is 0. The maximum atomic E-state index is 13.7. The highest BCUT2D eigenvalue weighted by molar-refractivity contribution is 7.90. The Bertz CT molecular complexity index is 1250. The number of nitrogens with one attached hydrogen (secondary N) is 2. The van der Waals surface area contributed by atoms with Gasteiger partial charge < -0.3 is 9.88 Å². The van der Waals surface area contributed by atoms with Crippen LogP contribution < -0.4 is 9.79 Å². The minimum Gasteiger partial charge on any atom is -0.361 e. The average Bonchev–Trinajstić information content (AvgIpc) is 3.36. The molecule has 3 aromatic rings. The topological polar surface area (TPSA) is 109 Å². The lowest BCUT2D eigenvalue weighted by Crippen LogP contribution is -2.52. The quantitative estimate of drug-likeness (QED) is 0.206. The van der Waals surface area contributed by atoms with Gasteiger partial charge in [0.2, 0.25) is 5.91 Å². The van der Waals surface area contributed by atoms with E-state index in [1.54, 1.807) is 9.79 Å². The molecule has 3 N–H and O–H groups in total. The van der Waals surface area contributed by atoms with Crippen molar-refractivity contribution in [2.24, 2.45) is 0 Å². The van der Waals surface area contributed by atoms with Crippen LogP contribution in [0.1, 0.15) is 32.1 Å². The number of rotatable bonds is 11. The number of hydrogen-bond donors (Lipinski definition) is 3. The molecule has 2 aromatic carbocycles. The van der Waals surface area contributed by atoms with Crippen LogP contribution in [0.15, 0.2) is 54.7 Å². The monoisotopic (exact) mass is 513 g/mol. The number of unbranched alkanes of at least 4 members (excludes halogenated alkanes) is 3. The number of fused-ring (bicyclic) bond motifs is 1. The molecule has 1 amide bonds. The zero-order valence-electron chi connectivity index (χ0n) is 20.7. The SMILES string of the molecule is CN1CCN(S(=O)(=O)N(CCCCCCC(=O)NO)c2ccc(-c3ccc4[nH]ccc4c3)cc2)CC1. The highest BCUT2D eigenvalue weighted by atomic mass is 32.2. The number of nitrogens with zero attached hydrogens (tertiary/aromatic N) is 3. The maximum absolute atomic E-state index is 13.7. The lowest BCUT2D eigenvalue weighted by atomic mass is 10.0. The minimum absolute atomic E-state index is 0.260. The number of amides is 1. The Morgan fingerprint density at radius 2 is 1.67 bits per heavy atom. The predicted octanol–water partition coefficient (Wildman–Crippen LogP) is 3.59. The number of hydrogen-bond acceptors (Lipinski definition) is 5. The number of aromatic nitrogens is 1. The molecule has 0 aliphatic carbocycles. The third kappa shape index (κ3) is 6.25. The minimum atomic E-state index is -3.67. The first kappa shape index (κ1) is 26.2. The van der Waals surface area contributed by atoms with Crippen molar-refractivity contribution in [1.82, 2.24) is 19.7 Å². The maximum Gasteiger partial charge on any atom is 0.304 e. The van der Waals surface area contributed by atoms with Crippen molar-refractivity contribution in [1.29, 1.82) is 0 Å². The van der Waals surface area contributed by atoms with E-state index in [4.69, 9.17) is 5.21 Å². The average molecular weight is 514 g/mol. The first-order valence-corrected chi connectivity index (χ1v) is 13.8. The van der Waals surface area contributed by atoms with E-state index >= 15 is 0 Å². The predicted molar refractivity (Wildman–Crippen MR) is 142 cm³/mol. The molecule has 1 saturated heterocycles. The second-order valence-corrected chi connectivity index (χ2v) is 11.2. The van der Waals surface area contributed by atoms with Crippen LogP contribution in [-0.4, -0.2) is 73.5 Å². The van der Waals surface area contributed by atoms with Gasteiger partial charge in [0.05, 0.1) is 5.69 Å². The standard InChI is InChI=1S/C26H35N5O4S/c1-29-16-18-30(19-17-29)36(34,35)31(15-5-3-2-4-6-26(32)28-33)24-10-7-21(8-11-24)22-9-12-25-23(20-22)13-14-27-25/h7-14,20,27,33H,2-6,15-19H2,1H3,(H,28,32). The zero-order chi connectivity index (χ0) is 25.5. The van der Waals surface area contributed by atoms with Crippen molar-refractivity contribution in [2.75, 3.05) is 44.1 Å². The molecule has 0 spiro atoms. The van der Waals surface area contributed by atoms with Crippen LogP contribution in [0.25, 0.3) is 22.0 Å². The molecule has 1 fully saturated rings. The van der Waals surface area contributed by atoms with Gasteiger partial charge in [-0.05, 0) is 66.7 Å². The van der Waals surface area contributed by atoms with Crippen LogP contribution in [0.2, 0.25) is 0 Å². The molecule has 10 heteroatoms.